The van der Waals surface area contributed by atoms with Crippen molar-refractivity contribution in [1.82, 2.24) is 5.48 Å². The van der Waals surface area contributed by atoms with Crippen LogP contribution in [0.25, 0.3) is 0 Å². The van der Waals surface area contributed by atoms with E-state index in [1.165, 1.54) is 5.48 Å². The molecule has 1 amide bonds. The van der Waals surface area contributed by atoms with Gasteiger partial charge in [0.1, 0.15) is 12.7 Å². The summed E-state index contributed by atoms with van der Waals surface area (Å²) < 4.78 is 20.2. The summed E-state index contributed by atoms with van der Waals surface area (Å²) in [5, 5.41) is 8.09. The Kier molecular flexibility index (Phi) is 6.62. The van der Waals surface area contributed by atoms with Crippen molar-refractivity contribution >= 4 is 14.2 Å². The van der Waals surface area contributed by atoms with Crippen molar-refractivity contribution in [2.45, 2.75) is 26.4 Å². The van der Waals surface area contributed by atoms with Gasteiger partial charge in [-0.1, -0.05) is 0 Å². The van der Waals surface area contributed by atoms with Crippen LogP contribution >= 0.6 is 8.25 Å². The Balaban J connectivity index is 3.42. The van der Waals surface area contributed by atoms with Crippen molar-refractivity contribution in [3.63, 3.8) is 0 Å². The number of carbonyl (C=O) groups excluding carboxylic acids is 1. The second-order valence-electron chi connectivity index (χ2n) is 2.50. The average molecular weight is 210 g/mol. The Morgan fingerprint density at radius 2 is 2.23 bits per heavy atom. The van der Waals surface area contributed by atoms with Crippen LogP contribution < -0.4 is 5.48 Å². The molecular formula is C6H13NO5P+. The number of hydroxylamine groups is 1. The highest BCUT2D eigenvalue weighted by atomic mass is 31.1. The molecule has 0 rings (SSSR count). The second-order valence-corrected chi connectivity index (χ2v) is 3.41. The van der Waals surface area contributed by atoms with E-state index < -0.39 is 14.2 Å². The molecule has 1 atom stereocenters. The maximum atomic E-state index is 10.8. The molecular weight excluding hydrogens is 197 g/mol. The lowest BCUT2D eigenvalue weighted by Gasteiger charge is -1.94. The highest BCUT2D eigenvalue weighted by Crippen LogP contribution is 2.25. The van der Waals surface area contributed by atoms with Crippen molar-refractivity contribution in [2.75, 3.05) is 6.61 Å². The molecule has 0 aliphatic carbocycles. The molecule has 0 aromatic heterocycles. The molecule has 0 saturated carbocycles. The van der Waals surface area contributed by atoms with E-state index in [1.807, 2.05) is 0 Å². The maximum Gasteiger partial charge on any atom is 0.697 e. The van der Waals surface area contributed by atoms with Gasteiger partial charge in [-0.15, -0.1) is 9.05 Å². The third-order valence-corrected chi connectivity index (χ3v) is 1.93. The van der Waals surface area contributed by atoms with Gasteiger partial charge in [0.05, 0.1) is 6.42 Å². The molecule has 2 N–H and O–H groups in total. The molecule has 0 aliphatic heterocycles. The fraction of sp³-hybridized carbons (Fsp3) is 0.833. The molecule has 0 saturated heterocycles. The van der Waals surface area contributed by atoms with Gasteiger partial charge in [-0.2, -0.15) is 0 Å². The summed E-state index contributed by atoms with van der Waals surface area (Å²) in [4.78, 5) is 10.4. The van der Waals surface area contributed by atoms with Crippen LogP contribution in [0.2, 0.25) is 0 Å². The minimum absolute atomic E-state index is 0.0473. The van der Waals surface area contributed by atoms with Crippen LogP contribution in [0.3, 0.4) is 0 Å². The molecule has 0 aromatic rings. The van der Waals surface area contributed by atoms with E-state index in [1.54, 1.807) is 13.8 Å². The number of carbonyl (C=O) groups is 1. The number of rotatable bonds is 6. The summed E-state index contributed by atoms with van der Waals surface area (Å²) in [7, 11) is -2.17. The van der Waals surface area contributed by atoms with Gasteiger partial charge in [-0.25, -0.2) is 5.48 Å². The zero-order valence-corrected chi connectivity index (χ0v) is 8.41. The van der Waals surface area contributed by atoms with Crippen LogP contribution in [-0.2, 0) is 18.4 Å². The van der Waals surface area contributed by atoms with E-state index in [0.717, 1.165) is 0 Å². The van der Waals surface area contributed by atoms with Crippen LogP contribution in [0.4, 0.5) is 0 Å². The van der Waals surface area contributed by atoms with E-state index >= 15 is 0 Å². The zero-order valence-electron chi connectivity index (χ0n) is 7.52. The van der Waals surface area contributed by atoms with Crippen molar-refractivity contribution in [3.8, 4) is 0 Å². The van der Waals surface area contributed by atoms with Crippen LogP contribution in [0.1, 0.15) is 20.3 Å². The summed E-state index contributed by atoms with van der Waals surface area (Å²) in [6.45, 7) is 3.39. The van der Waals surface area contributed by atoms with Crippen molar-refractivity contribution in [2.24, 2.45) is 0 Å². The fourth-order valence-corrected chi connectivity index (χ4v) is 1.12. The van der Waals surface area contributed by atoms with Crippen LogP contribution in [0.5, 0.6) is 0 Å². The van der Waals surface area contributed by atoms with Crippen molar-refractivity contribution in [3.05, 3.63) is 0 Å². The highest BCUT2D eigenvalue weighted by molar-refractivity contribution is 7.33. The topological polar surface area (TPSA) is 84.9 Å². The standard InChI is InChI=1S/C6H12NO5P/c1-5(2)12-13(10)11-4-3-6(8)7-9/h5H,3-4H2,1-2H3,(H-,7,8,9)/p+1. The minimum atomic E-state index is -2.17. The molecule has 0 aliphatic rings. The smallest absolute Gasteiger partial charge is 0.289 e. The molecule has 7 heteroatoms. The number of nitrogens with one attached hydrogen (secondary N) is 1. The predicted octanol–water partition coefficient (Wildman–Crippen LogP) is 0.981. The molecule has 0 fully saturated rings. The first-order valence-corrected chi connectivity index (χ1v) is 4.85. The SMILES string of the molecule is CC(C)O[P+](=O)OCCC(=O)NO. The third-order valence-electron chi connectivity index (χ3n) is 0.947. The molecule has 76 valence electrons. The van der Waals surface area contributed by atoms with Gasteiger partial charge in [0.25, 0.3) is 0 Å². The van der Waals surface area contributed by atoms with Crippen LogP contribution in [0.15, 0.2) is 0 Å². The second kappa shape index (κ2) is 6.91. The first-order chi connectivity index (χ1) is 6.06. The number of hydrogen-bond donors (Lipinski definition) is 2. The van der Waals surface area contributed by atoms with E-state index in [2.05, 4.69) is 4.52 Å². The van der Waals surface area contributed by atoms with Crippen molar-refractivity contribution < 1.29 is 23.6 Å². The first kappa shape index (κ1) is 12.4. The summed E-state index contributed by atoms with van der Waals surface area (Å²) in [6.07, 6.45) is -0.241. The normalized spacial score (nSPS) is 11.5. The fourth-order valence-electron chi connectivity index (χ4n) is 0.471. The molecule has 1 unspecified atom stereocenters. The Labute approximate surface area is 77.1 Å². The molecule has 0 radical (unpaired) electrons. The summed E-state index contributed by atoms with van der Waals surface area (Å²) in [6, 6.07) is 0. The van der Waals surface area contributed by atoms with Gasteiger partial charge in [0, 0.05) is 4.57 Å². The van der Waals surface area contributed by atoms with Crippen LogP contribution in [0, 0.1) is 0 Å². The minimum Gasteiger partial charge on any atom is -0.289 e. The molecule has 0 heterocycles. The van der Waals surface area contributed by atoms with E-state index in [0.29, 0.717) is 0 Å². The lowest BCUT2D eigenvalue weighted by molar-refractivity contribution is -0.129. The summed E-state index contributed by atoms with van der Waals surface area (Å²) in [5.41, 5.74) is 1.42. The van der Waals surface area contributed by atoms with E-state index in [-0.39, 0.29) is 19.1 Å². The van der Waals surface area contributed by atoms with Gasteiger partial charge in [-0.3, -0.25) is 10.0 Å². The predicted molar refractivity (Wildman–Crippen MR) is 44.3 cm³/mol. The molecule has 0 aromatic carbocycles. The summed E-state index contributed by atoms with van der Waals surface area (Å²) in [5.74, 6) is -0.590. The third kappa shape index (κ3) is 7.80. The highest BCUT2D eigenvalue weighted by Gasteiger charge is 2.22. The Morgan fingerprint density at radius 3 is 2.69 bits per heavy atom. The molecule has 0 spiro atoms. The van der Waals surface area contributed by atoms with Crippen LogP contribution in [-0.4, -0.2) is 23.8 Å². The Hall–Kier alpha value is -0.550. The maximum absolute atomic E-state index is 10.8. The number of amides is 1. The monoisotopic (exact) mass is 210 g/mol. The van der Waals surface area contributed by atoms with Gasteiger partial charge in [0.2, 0.25) is 5.91 Å². The molecule has 6 nitrogen and oxygen atoms in total. The lowest BCUT2D eigenvalue weighted by Crippen LogP contribution is -2.19. The zero-order chi connectivity index (χ0) is 10.3. The van der Waals surface area contributed by atoms with Gasteiger partial charge in [0.15, 0.2) is 0 Å². The van der Waals surface area contributed by atoms with Gasteiger partial charge >= 0.3 is 8.25 Å². The number of hydrogen-bond acceptors (Lipinski definition) is 5. The lowest BCUT2D eigenvalue weighted by atomic mass is 10.4. The Morgan fingerprint density at radius 1 is 1.62 bits per heavy atom. The molecule has 0 bridgehead atoms. The van der Waals surface area contributed by atoms with E-state index in [9.17, 15) is 9.36 Å². The first-order valence-electron chi connectivity index (χ1n) is 3.76. The quantitative estimate of drug-likeness (QED) is 0.387. The summed E-state index contributed by atoms with van der Waals surface area (Å²) >= 11 is 0. The average Bonchev–Trinajstić information content (AvgIpc) is 2.02. The Bertz CT molecular complexity index is 184. The van der Waals surface area contributed by atoms with E-state index in [4.69, 9.17) is 9.73 Å². The van der Waals surface area contributed by atoms with Gasteiger partial charge < -0.3 is 0 Å². The molecule has 13 heavy (non-hydrogen) atoms. The largest absolute Gasteiger partial charge is 0.697 e. The van der Waals surface area contributed by atoms with Gasteiger partial charge in [-0.05, 0) is 13.8 Å². The van der Waals surface area contributed by atoms with Crippen molar-refractivity contribution in [1.29, 1.82) is 0 Å².